The number of nitrogens with zero attached hydrogens (tertiary/aromatic N) is 4. The molecule has 3 aromatic heterocycles. The summed E-state index contributed by atoms with van der Waals surface area (Å²) in [7, 11) is 1.65. The van der Waals surface area contributed by atoms with Gasteiger partial charge in [0, 0.05) is 5.69 Å². The molecule has 5 aromatic rings. The lowest BCUT2D eigenvalue weighted by Crippen LogP contribution is -1.99. The predicted molar refractivity (Wildman–Crippen MR) is 98.4 cm³/mol. The van der Waals surface area contributed by atoms with Crippen molar-refractivity contribution in [2.45, 2.75) is 0 Å². The van der Waals surface area contributed by atoms with Gasteiger partial charge in [-0.15, -0.1) is 0 Å². The van der Waals surface area contributed by atoms with Gasteiger partial charge in [-0.1, -0.05) is 12.1 Å². The molecular formula is C20H14N4O2. The van der Waals surface area contributed by atoms with Gasteiger partial charge in [0.05, 0.1) is 24.4 Å². The Morgan fingerprint density at radius 2 is 1.62 bits per heavy atom. The SMILES string of the molecule is COc1ccc(-n2c(-c3ccco3)nc3nc4ccccc4nc32)cc1. The second kappa shape index (κ2) is 5.70. The summed E-state index contributed by atoms with van der Waals surface area (Å²) < 4.78 is 12.8. The highest BCUT2D eigenvalue weighted by Crippen LogP contribution is 2.29. The second-order valence-electron chi connectivity index (χ2n) is 5.81. The van der Waals surface area contributed by atoms with Crippen LogP contribution in [0.25, 0.3) is 39.6 Å². The number of fused-ring (bicyclic) bond motifs is 2. The Morgan fingerprint density at radius 1 is 0.846 bits per heavy atom. The lowest BCUT2D eigenvalue weighted by molar-refractivity contribution is 0.415. The molecule has 0 fully saturated rings. The molecule has 0 radical (unpaired) electrons. The van der Waals surface area contributed by atoms with Crippen molar-refractivity contribution < 1.29 is 9.15 Å². The summed E-state index contributed by atoms with van der Waals surface area (Å²) in [6, 6.07) is 19.2. The van der Waals surface area contributed by atoms with Gasteiger partial charge < -0.3 is 9.15 Å². The van der Waals surface area contributed by atoms with E-state index in [2.05, 4.69) is 9.97 Å². The molecule has 26 heavy (non-hydrogen) atoms. The van der Waals surface area contributed by atoms with Gasteiger partial charge in [-0.2, -0.15) is 0 Å². The van der Waals surface area contributed by atoms with Crippen LogP contribution >= 0.6 is 0 Å². The van der Waals surface area contributed by atoms with Crippen molar-refractivity contribution in [3.8, 4) is 23.0 Å². The van der Waals surface area contributed by atoms with Gasteiger partial charge >= 0.3 is 0 Å². The molecule has 6 heteroatoms. The van der Waals surface area contributed by atoms with Crippen molar-refractivity contribution >= 4 is 22.3 Å². The van der Waals surface area contributed by atoms with E-state index in [0.717, 1.165) is 22.5 Å². The molecule has 0 unspecified atom stereocenters. The first-order valence-electron chi connectivity index (χ1n) is 8.17. The topological polar surface area (TPSA) is 66.0 Å². The lowest BCUT2D eigenvalue weighted by atomic mass is 10.3. The molecule has 0 saturated carbocycles. The zero-order valence-corrected chi connectivity index (χ0v) is 14.0. The van der Waals surface area contributed by atoms with Crippen molar-refractivity contribution in [1.29, 1.82) is 0 Å². The summed E-state index contributed by atoms with van der Waals surface area (Å²) >= 11 is 0. The van der Waals surface area contributed by atoms with E-state index in [-0.39, 0.29) is 0 Å². The highest BCUT2D eigenvalue weighted by Gasteiger charge is 2.19. The van der Waals surface area contributed by atoms with E-state index in [9.17, 15) is 0 Å². The van der Waals surface area contributed by atoms with Crippen LogP contribution < -0.4 is 4.74 Å². The molecule has 2 aromatic carbocycles. The normalized spacial score (nSPS) is 11.3. The maximum absolute atomic E-state index is 5.59. The van der Waals surface area contributed by atoms with E-state index in [1.54, 1.807) is 13.4 Å². The minimum absolute atomic E-state index is 0.575. The fourth-order valence-electron chi connectivity index (χ4n) is 3.00. The summed E-state index contributed by atoms with van der Waals surface area (Å²) in [6.07, 6.45) is 1.63. The Morgan fingerprint density at radius 3 is 2.31 bits per heavy atom. The van der Waals surface area contributed by atoms with E-state index < -0.39 is 0 Å². The number of ether oxygens (including phenoxy) is 1. The summed E-state index contributed by atoms with van der Waals surface area (Å²) in [6.45, 7) is 0. The Hall–Kier alpha value is -3.67. The number of aromatic nitrogens is 4. The maximum atomic E-state index is 5.59. The van der Waals surface area contributed by atoms with E-state index >= 15 is 0 Å². The largest absolute Gasteiger partial charge is 0.497 e. The molecule has 0 aliphatic rings. The number of hydrogen-bond acceptors (Lipinski definition) is 5. The van der Waals surface area contributed by atoms with Gasteiger partial charge in [-0.05, 0) is 48.5 Å². The third-order valence-corrected chi connectivity index (χ3v) is 4.24. The minimum Gasteiger partial charge on any atom is -0.497 e. The van der Waals surface area contributed by atoms with Crippen molar-refractivity contribution in [3.05, 3.63) is 66.9 Å². The number of benzene rings is 2. The molecule has 6 nitrogen and oxygen atoms in total. The third-order valence-electron chi connectivity index (χ3n) is 4.24. The van der Waals surface area contributed by atoms with Crippen LogP contribution in [0.15, 0.2) is 71.3 Å². The number of methoxy groups -OCH3 is 1. The molecule has 0 spiro atoms. The van der Waals surface area contributed by atoms with E-state index in [4.69, 9.17) is 14.1 Å². The van der Waals surface area contributed by atoms with Crippen molar-refractivity contribution in [1.82, 2.24) is 19.5 Å². The molecule has 0 aliphatic heterocycles. The van der Waals surface area contributed by atoms with Crippen LogP contribution in [0.2, 0.25) is 0 Å². The van der Waals surface area contributed by atoms with Crippen LogP contribution in [0.1, 0.15) is 0 Å². The van der Waals surface area contributed by atoms with Crippen molar-refractivity contribution in [2.75, 3.05) is 7.11 Å². The van der Waals surface area contributed by atoms with E-state index in [1.807, 2.05) is 65.2 Å². The Bertz CT molecular complexity index is 1210. The summed E-state index contributed by atoms with van der Waals surface area (Å²) in [4.78, 5) is 14.1. The molecule has 0 saturated heterocycles. The van der Waals surface area contributed by atoms with Gasteiger partial charge in [0.2, 0.25) is 0 Å². The Labute approximate surface area is 148 Å². The summed E-state index contributed by atoms with van der Waals surface area (Å²) in [5.74, 6) is 2.10. The van der Waals surface area contributed by atoms with Crippen LogP contribution in [-0.2, 0) is 0 Å². The number of hydrogen-bond donors (Lipinski definition) is 0. The van der Waals surface area contributed by atoms with Crippen LogP contribution in [0.4, 0.5) is 0 Å². The first-order valence-corrected chi connectivity index (χ1v) is 8.17. The van der Waals surface area contributed by atoms with E-state index in [1.165, 1.54) is 0 Å². The van der Waals surface area contributed by atoms with Gasteiger partial charge in [0.25, 0.3) is 0 Å². The van der Waals surface area contributed by atoms with Gasteiger partial charge in [0.15, 0.2) is 22.9 Å². The smallest absolute Gasteiger partial charge is 0.199 e. The number of imidazole rings is 1. The Kier molecular flexibility index (Phi) is 3.21. The fraction of sp³-hybridized carbons (Fsp3) is 0.0500. The Balaban J connectivity index is 1.84. The highest BCUT2D eigenvalue weighted by molar-refractivity contribution is 5.85. The van der Waals surface area contributed by atoms with Crippen LogP contribution in [-0.4, -0.2) is 26.6 Å². The number of rotatable bonds is 3. The fourth-order valence-corrected chi connectivity index (χ4v) is 3.00. The number of para-hydroxylation sites is 2. The third kappa shape index (κ3) is 2.23. The molecule has 0 N–H and O–H groups in total. The van der Waals surface area contributed by atoms with Crippen molar-refractivity contribution in [2.24, 2.45) is 0 Å². The van der Waals surface area contributed by atoms with Crippen molar-refractivity contribution in [3.63, 3.8) is 0 Å². The molecule has 5 rings (SSSR count). The lowest BCUT2D eigenvalue weighted by Gasteiger charge is -2.08. The minimum atomic E-state index is 0.575. The van der Waals surface area contributed by atoms with Gasteiger partial charge in [-0.25, -0.2) is 15.0 Å². The number of furan rings is 1. The summed E-state index contributed by atoms with van der Waals surface area (Å²) in [5, 5.41) is 0. The zero-order chi connectivity index (χ0) is 17.5. The molecule has 0 bridgehead atoms. The zero-order valence-electron chi connectivity index (χ0n) is 14.0. The standard InChI is InChI=1S/C20H14N4O2/c1-25-14-10-8-13(9-11-14)24-19(17-7-4-12-26-17)23-18-20(24)22-16-6-3-2-5-15(16)21-18/h2-12H,1H3. The molecule has 126 valence electrons. The monoisotopic (exact) mass is 342 g/mol. The van der Waals surface area contributed by atoms with Gasteiger partial charge in [0.1, 0.15) is 5.75 Å². The van der Waals surface area contributed by atoms with E-state index in [0.29, 0.717) is 22.9 Å². The average molecular weight is 342 g/mol. The first-order chi connectivity index (χ1) is 12.8. The van der Waals surface area contributed by atoms with Crippen LogP contribution in [0.5, 0.6) is 5.75 Å². The molecular weight excluding hydrogens is 328 g/mol. The second-order valence-corrected chi connectivity index (χ2v) is 5.81. The molecule has 0 atom stereocenters. The summed E-state index contributed by atoms with van der Waals surface area (Å²) in [5.41, 5.74) is 3.79. The quantitative estimate of drug-likeness (QED) is 0.491. The molecule has 0 amide bonds. The average Bonchev–Trinajstić information content (AvgIpc) is 3.34. The predicted octanol–water partition coefficient (Wildman–Crippen LogP) is 4.24. The first kappa shape index (κ1) is 14.7. The van der Waals surface area contributed by atoms with Gasteiger partial charge in [-0.3, -0.25) is 4.57 Å². The van der Waals surface area contributed by atoms with Crippen LogP contribution in [0, 0.1) is 0 Å². The van der Waals surface area contributed by atoms with Crippen LogP contribution in [0.3, 0.4) is 0 Å². The highest BCUT2D eigenvalue weighted by atomic mass is 16.5. The molecule has 3 heterocycles. The maximum Gasteiger partial charge on any atom is 0.199 e. The molecule has 0 aliphatic carbocycles.